The van der Waals surface area contributed by atoms with Gasteiger partial charge in [0.15, 0.2) is 0 Å². The van der Waals surface area contributed by atoms with E-state index in [0.29, 0.717) is 0 Å². The molecule has 0 heterocycles. The molecule has 0 saturated carbocycles. The molecular formula is C18H22N4O2. The summed E-state index contributed by atoms with van der Waals surface area (Å²) in [5, 5.41) is 0. The van der Waals surface area contributed by atoms with Crippen molar-refractivity contribution < 1.29 is 9.59 Å². The Morgan fingerprint density at radius 1 is 0.708 bits per heavy atom. The van der Waals surface area contributed by atoms with Crippen molar-refractivity contribution in [1.82, 2.24) is 10.9 Å². The minimum atomic E-state index is -0.776. The first kappa shape index (κ1) is 17.3. The van der Waals surface area contributed by atoms with Gasteiger partial charge in [-0.05, 0) is 36.1 Å². The Bertz CT molecular complexity index is 654. The zero-order chi connectivity index (χ0) is 17.4. The van der Waals surface area contributed by atoms with Crippen LogP contribution in [0.3, 0.4) is 0 Å². The molecule has 2 aromatic carbocycles. The lowest BCUT2D eigenvalue weighted by atomic mass is 10.1. The standard InChI is InChI=1S/C18H22N4O2/c1-3-13-9-5-7-11-15(13)19-21-17(23)18(24)22-20-16-12-8-6-10-14(16)4-2/h5-12,19-20H,3-4H2,1-2H3,(H,21,23)(H,22,24). The van der Waals surface area contributed by atoms with Crippen LogP contribution in [0.4, 0.5) is 11.4 Å². The molecule has 0 aliphatic carbocycles. The van der Waals surface area contributed by atoms with Crippen molar-refractivity contribution >= 4 is 23.2 Å². The second-order valence-electron chi connectivity index (χ2n) is 5.18. The number of hydrogen-bond acceptors (Lipinski definition) is 4. The highest BCUT2D eigenvalue weighted by Crippen LogP contribution is 2.14. The number of para-hydroxylation sites is 2. The molecule has 0 unspecified atom stereocenters. The number of hydrazine groups is 2. The molecular weight excluding hydrogens is 304 g/mol. The minimum absolute atomic E-state index is 0.769. The number of benzene rings is 2. The lowest BCUT2D eigenvalue weighted by Gasteiger charge is -2.13. The molecule has 2 amide bonds. The van der Waals surface area contributed by atoms with Crippen molar-refractivity contribution in [2.24, 2.45) is 0 Å². The van der Waals surface area contributed by atoms with Gasteiger partial charge in [-0.3, -0.25) is 31.3 Å². The van der Waals surface area contributed by atoms with Crippen molar-refractivity contribution in [3.63, 3.8) is 0 Å². The smallest absolute Gasteiger partial charge is 0.298 e. The summed E-state index contributed by atoms with van der Waals surface area (Å²) in [5.74, 6) is -1.55. The van der Waals surface area contributed by atoms with E-state index in [2.05, 4.69) is 21.7 Å². The van der Waals surface area contributed by atoms with Gasteiger partial charge in [0, 0.05) is 0 Å². The minimum Gasteiger partial charge on any atom is -0.298 e. The van der Waals surface area contributed by atoms with Crippen molar-refractivity contribution in [3.8, 4) is 0 Å². The molecule has 0 fully saturated rings. The third-order valence-electron chi connectivity index (χ3n) is 3.62. The van der Waals surface area contributed by atoms with Crippen LogP contribution >= 0.6 is 0 Å². The molecule has 0 spiro atoms. The van der Waals surface area contributed by atoms with Crippen LogP contribution in [0.5, 0.6) is 0 Å². The Morgan fingerprint density at radius 2 is 1.08 bits per heavy atom. The fraction of sp³-hybridized carbons (Fsp3) is 0.222. The maximum atomic E-state index is 11.9. The average molecular weight is 326 g/mol. The van der Waals surface area contributed by atoms with Gasteiger partial charge in [0.25, 0.3) is 0 Å². The van der Waals surface area contributed by atoms with Crippen LogP contribution in [0.1, 0.15) is 25.0 Å². The number of carbonyl (C=O) groups excluding carboxylic acids is 2. The molecule has 0 bridgehead atoms. The number of nitrogens with one attached hydrogen (secondary N) is 4. The van der Waals surface area contributed by atoms with Gasteiger partial charge in [-0.15, -0.1) is 0 Å². The highest BCUT2D eigenvalue weighted by atomic mass is 16.2. The maximum Gasteiger partial charge on any atom is 0.329 e. The fourth-order valence-corrected chi connectivity index (χ4v) is 2.26. The van der Waals surface area contributed by atoms with Crippen LogP contribution in [0.15, 0.2) is 48.5 Å². The molecule has 0 aliphatic heterocycles. The normalized spacial score (nSPS) is 9.92. The van der Waals surface area contributed by atoms with Gasteiger partial charge in [-0.1, -0.05) is 50.2 Å². The Labute approximate surface area is 141 Å². The number of amides is 2. The highest BCUT2D eigenvalue weighted by Gasteiger charge is 2.13. The van der Waals surface area contributed by atoms with Gasteiger partial charge in [0.1, 0.15) is 0 Å². The molecule has 4 N–H and O–H groups in total. The quantitative estimate of drug-likeness (QED) is 0.485. The van der Waals surface area contributed by atoms with Gasteiger partial charge in [-0.2, -0.15) is 0 Å². The van der Waals surface area contributed by atoms with E-state index in [1.165, 1.54) is 0 Å². The predicted octanol–water partition coefficient (Wildman–Crippen LogP) is 2.40. The molecule has 0 aromatic heterocycles. The summed E-state index contributed by atoms with van der Waals surface area (Å²) in [6, 6.07) is 15.2. The van der Waals surface area contributed by atoms with Crippen LogP contribution in [0.25, 0.3) is 0 Å². The van der Waals surface area contributed by atoms with E-state index in [-0.39, 0.29) is 0 Å². The summed E-state index contributed by atoms with van der Waals surface area (Å²) in [4.78, 5) is 23.7. The third-order valence-corrected chi connectivity index (χ3v) is 3.62. The molecule has 126 valence electrons. The summed E-state index contributed by atoms with van der Waals surface area (Å²) < 4.78 is 0. The Hall–Kier alpha value is -3.02. The van der Waals surface area contributed by atoms with Crippen LogP contribution in [0.2, 0.25) is 0 Å². The fourth-order valence-electron chi connectivity index (χ4n) is 2.26. The zero-order valence-electron chi connectivity index (χ0n) is 13.8. The maximum absolute atomic E-state index is 11.9. The average Bonchev–Trinajstić information content (AvgIpc) is 2.64. The number of rotatable bonds is 6. The molecule has 0 saturated heterocycles. The molecule has 2 rings (SSSR count). The highest BCUT2D eigenvalue weighted by molar-refractivity contribution is 6.35. The van der Waals surface area contributed by atoms with Crippen molar-refractivity contribution in [2.75, 3.05) is 10.9 Å². The lowest BCUT2D eigenvalue weighted by molar-refractivity contribution is -0.138. The number of aryl methyl sites for hydroxylation is 2. The summed E-state index contributed by atoms with van der Waals surface area (Å²) in [5.41, 5.74) is 14.0. The second-order valence-corrected chi connectivity index (χ2v) is 5.18. The van der Waals surface area contributed by atoms with Crippen LogP contribution in [0, 0.1) is 0 Å². The Kier molecular flexibility index (Phi) is 6.19. The molecule has 0 atom stereocenters. The molecule has 24 heavy (non-hydrogen) atoms. The molecule has 0 radical (unpaired) electrons. The zero-order valence-corrected chi connectivity index (χ0v) is 13.8. The number of hydrogen-bond donors (Lipinski definition) is 4. The van der Waals surface area contributed by atoms with Gasteiger partial charge in [-0.25, -0.2) is 0 Å². The van der Waals surface area contributed by atoms with Gasteiger partial charge < -0.3 is 0 Å². The van der Waals surface area contributed by atoms with E-state index in [0.717, 1.165) is 35.3 Å². The van der Waals surface area contributed by atoms with Crippen LogP contribution in [-0.4, -0.2) is 11.8 Å². The molecule has 6 nitrogen and oxygen atoms in total. The number of anilines is 2. The van der Waals surface area contributed by atoms with Gasteiger partial charge in [0.2, 0.25) is 0 Å². The first-order valence-electron chi connectivity index (χ1n) is 7.93. The molecule has 6 heteroatoms. The number of carbonyl (C=O) groups is 2. The summed E-state index contributed by atoms with van der Waals surface area (Å²) in [6.07, 6.45) is 1.64. The van der Waals surface area contributed by atoms with Gasteiger partial charge in [0.05, 0.1) is 11.4 Å². The van der Waals surface area contributed by atoms with E-state index in [1.54, 1.807) is 0 Å². The summed E-state index contributed by atoms with van der Waals surface area (Å²) in [6.45, 7) is 4.04. The monoisotopic (exact) mass is 326 g/mol. The molecule has 0 aliphatic rings. The second kappa shape index (κ2) is 8.57. The van der Waals surface area contributed by atoms with Crippen LogP contribution in [-0.2, 0) is 22.4 Å². The van der Waals surface area contributed by atoms with E-state index >= 15 is 0 Å². The molecule has 2 aromatic rings. The van der Waals surface area contributed by atoms with Crippen molar-refractivity contribution in [2.45, 2.75) is 26.7 Å². The largest absolute Gasteiger partial charge is 0.329 e. The van der Waals surface area contributed by atoms with Crippen LogP contribution < -0.4 is 21.7 Å². The van der Waals surface area contributed by atoms with E-state index in [1.807, 2.05) is 62.4 Å². The third kappa shape index (κ3) is 4.49. The van der Waals surface area contributed by atoms with Crippen molar-refractivity contribution in [1.29, 1.82) is 0 Å². The topological polar surface area (TPSA) is 82.3 Å². The SMILES string of the molecule is CCc1ccccc1NNC(=O)C(=O)NNc1ccccc1CC. The first-order chi connectivity index (χ1) is 11.7. The predicted molar refractivity (Wildman–Crippen MR) is 95.2 cm³/mol. The van der Waals surface area contributed by atoms with E-state index in [4.69, 9.17) is 0 Å². The van der Waals surface area contributed by atoms with Gasteiger partial charge >= 0.3 is 11.8 Å². The Balaban J connectivity index is 1.87. The van der Waals surface area contributed by atoms with E-state index < -0.39 is 11.8 Å². The Morgan fingerprint density at radius 3 is 1.46 bits per heavy atom. The lowest BCUT2D eigenvalue weighted by Crippen LogP contribution is -2.44. The van der Waals surface area contributed by atoms with Crippen molar-refractivity contribution in [3.05, 3.63) is 59.7 Å². The summed E-state index contributed by atoms with van der Waals surface area (Å²) in [7, 11) is 0. The summed E-state index contributed by atoms with van der Waals surface area (Å²) >= 11 is 0. The van der Waals surface area contributed by atoms with E-state index in [9.17, 15) is 9.59 Å². The first-order valence-corrected chi connectivity index (χ1v) is 7.93.